The molecule has 0 spiro atoms. The van der Waals surface area contributed by atoms with E-state index >= 15 is 0 Å². The van der Waals surface area contributed by atoms with Crippen molar-refractivity contribution in [2.45, 2.75) is 297 Å². The van der Waals surface area contributed by atoms with Gasteiger partial charge < -0.3 is 14.2 Å². The van der Waals surface area contributed by atoms with Gasteiger partial charge in [-0.25, -0.2) is 0 Å². The van der Waals surface area contributed by atoms with Crippen molar-refractivity contribution in [3.63, 3.8) is 0 Å². The molecule has 0 aromatic rings. The summed E-state index contributed by atoms with van der Waals surface area (Å²) >= 11 is 0. The van der Waals surface area contributed by atoms with Gasteiger partial charge in [0.05, 0.1) is 0 Å². The van der Waals surface area contributed by atoms with Crippen LogP contribution >= 0.6 is 0 Å². The molecule has 0 aliphatic carbocycles. The van der Waals surface area contributed by atoms with Crippen LogP contribution in [0.5, 0.6) is 0 Å². The van der Waals surface area contributed by atoms with Gasteiger partial charge in [0.25, 0.3) is 0 Å². The fraction of sp³-hybridized carbons (Fsp3) is 0.738. The number of carbonyl (C=O) groups is 3. The number of carbonyl (C=O) groups excluding carboxylic acids is 3. The van der Waals surface area contributed by atoms with E-state index in [9.17, 15) is 14.4 Å². The molecule has 0 unspecified atom stereocenters. The summed E-state index contributed by atoms with van der Waals surface area (Å²) in [4.78, 5) is 38.2. The Morgan fingerprint density at radius 2 is 0.577 bits per heavy atom. The van der Waals surface area contributed by atoms with Crippen LogP contribution in [0.3, 0.4) is 0 Å². The van der Waals surface area contributed by atoms with Crippen LogP contribution in [0.25, 0.3) is 0 Å². The first-order valence-corrected chi connectivity index (χ1v) is 30.1. The largest absolute Gasteiger partial charge is 0.462 e. The van der Waals surface area contributed by atoms with Crippen molar-refractivity contribution in [1.82, 2.24) is 0 Å². The maximum Gasteiger partial charge on any atom is 0.306 e. The van der Waals surface area contributed by atoms with Gasteiger partial charge in [0.15, 0.2) is 6.10 Å². The van der Waals surface area contributed by atoms with Crippen LogP contribution in [0.2, 0.25) is 0 Å². The summed E-state index contributed by atoms with van der Waals surface area (Å²) in [5.41, 5.74) is 0. The van der Waals surface area contributed by atoms with Gasteiger partial charge in [-0.15, -0.1) is 0 Å². The maximum absolute atomic E-state index is 12.9. The summed E-state index contributed by atoms with van der Waals surface area (Å²) in [6.07, 6.45) is 77.3. The van der Waals surface area contributed by atoms with Crippen molar-refractivity contribution >= 4 is 17.9 Å². The lowest BCUT2D eigenvalue weighted by atomic mass is 10.0. The third-order valence-corrected chi connectivity index (χ3v) is 12.9. The molecule has 0 saturated heterocycles. The molecular weight excluding hydrogens is 877 g/mol. The molecule has 0 amide bonds. The first kappa shape index (κ1) is 67.6. The molecule has 0 aromatic carbocycles. The molecule has 0 radical (unpaired) electrons. The zero-order valence-electron chi connectivity index (χ0n) is 46.7. The highest BCUT2D eigenvalue weighted by molar-refractivity contribution is 5.71. The summed E-state index contributed by atoms with van der Waals surface area (Å²) in [5.74, 6) is -0.987. The van der Waals surface area contributed by atoms with Crippen LogP contribution in [-0.4, -0.2) is 37.2 Å². The quantitative estimate of drug-likeness (QED) is 0.0261. The second-order valence-corrected chi connectivity index (χ2v) is 19.9. The lowest BCUT2D eigenvalue weighted by molar-refractivity contribution is -0.166. The van der Waals surface area contributed by atoms with Crippen LogP contribution in [0.15, 0.2) is 85.1 Å². The Morgan fingerprint density at radius 3 is 0.944 bits per heavy atom. The first-order chi connectivity index (χ1) is 35.0. The van der Waals surface area contributed by atoms with Gasteiger partial charge in [-0.05, 0) is 83.5 Å². The summed E-state index contributed by atoms with van der Waals surface area (Å²) < 4.78 is 16.8. The molecule has 0 rings (SSSR count). The Hall–Kier alpha value is -3.41. The minimum absolute atomic E-state index is 0.101. The average molecular weight is 990 g/mol. The molecule has 71 heavy (non-hydrogen) atoms. The van der Waals surface area contributed by atoms with E-state index in [-0.39, 0.29) is 37.5 Å². The number of allylic oxidation sites excluding steroid dienone is 14. The number of ether oxygens (including phenoxy) is 3. The monoisotopic (exact) mass is 989 g/mol. The highest BCUT2D eigenvalue weighted by atomic mass is 16.6. The molecule has 0 saturated carbocycles. The summed E-state index contributed by atoms with van der Waals surface area (Å²) in [5, 5.41) is 0. The highest BCUT2D eigenvalue weighted by Gasteiger charge is 2.19. The molecule has 408 valence electrons. The van der Waals surface area contributed by atoms with Gasteiger partial charge in [0.1, 0.15) is 13.2 Å². The molecule has 0 fully saturated rings. The fourth-order valence-corrected chi connectivity index (χ4v) is 8.41. The number of hydrogen-bond donors (Lipinski definition) is 0. The van der Waals surface area contributed by atoms with Gasteiger partial charge in [0, 0.05) is 19.3 Å². The smallest absolute Gasteiger partial charge is 0.306 e. The molecule has 0 heterocycles. The molecule has 6 heteroatoms. The minimum Gasteiger partial charge on any atom is -0.462 e. The molecule has 0 aromatic heterocycles. The molecule has 0 N–H and O–H groups in total. The van der Waals surface area contributed by atoms with Crippen molar-refractivity contribution in [2.24, 2.45) is 0 Å². The molecule has 0 aliphatic rings. The molecule has 0 aliphatic heterocycles. The van der Waals surface area contributed by atoms with E-state index < -0.39 is 6.10 Å². The molecule has 1 atom stereocenters. The van der Waals surface area contributed by atoms with Crippen LogP contribution in [0.1, 0.15) is 290 Å². The Morgan fingerprint density at radius 1 is 0.296 bits per heavy atom. The lowest BCUT2D eigenvalue weighted by Gasteiger charge is -2.18. The zero-order valence-corrected chi connectivity index (χ0v) is 46.7. The third-order valence-electron chi connectivity index (χ3n) is 12.9. The predicted octanol–water partition coefficient (Wildman–Crippen LogP) is 20.3. The van der Waals surface area contributed by atoms with Crippen LogP contribution < -0.4 is 0 Å². The topological polar surface area (TPSA) is 78.9 Å². The standard InChI is InChI=1S/C65H112O6/c1-4-7-10-13-16-19-22-25-28-30-32-34-37-39-42-45-48-51-54-57-63(66)69-60-62(71-65(68)59-56-53-50-47-44-41-36-27-24-21-18-15-12-9-6-3)61-70-64(67)58-55-52-49-46-43-40-38-35-33-31-29-26-23-20-17-14-11-8-5-2/h7,10,16,19,25,27-28,32,34,36,39,42,48,51,62H,4-6,8-9,11-15,17-18,20-24,26,29-31,33,35,37-38,40-41,43-47,49-50,52-61H2,1-3H3/b10-7-,19-16-,28-25-,34-32-,36-27-,42-39-,51-48-/t62-/m1/s1. The van der Waals surface area contributed by atoms with E-state index in [0.29, 0.717) is 19.3 Å². The van der Waals surface area contributed by atoms with E-state index in [2.05, 4.69) is 99.8 Å². The zero-order chi connectivity index (χ0) is 51.4. The first-order valence-electron chi connectivity index (χ1n) is 30.1. The second kappa shape index (κ2) is 59.2. The molecular formula is C65H112O6. The summed E-state index contributed by atoms with van der Waals surface area (Å²) in [7, 11) is 0. The number of hydrogen-bond acceptors (Lipinski definition) is 6. The van der Waals surface area contributed by atoms with E-state index in [1.54, 1.807) is 0 Å². The maximum atomic E-state index is 12.9. The van der Waals surface area contributed by atoms with Gasteiger partial charge in [-0.2, -0.15) is 0 Å². The van der Waals surface area contributed by atoms with E-state index in [1.165, 1.54) is 154 Å². The van der Waals surface area contributed by atoms with Crippen LogP contribution in [0, 0.1) is 0 Å². The molecule has 0 bridgehead atoms. The Bertz CT molecular complexity index is 1370. The van der Waals surface area contributed by atoms with Crippen LogP contribution in [0.4, 0.5) is 0 Å². The summed E-state index contributed by atoms with van der Waals surface area (Å²) in [6, 6.07) is 0. The SMILES string of the molecule is CC/C=C\C/C=C\C/C=C\C/C=C\C/C=C\C/C=C\CCC(=O)OC[C@H](COC(=O)CCCCCCCCCCCCCCCCCCCCC)OC(=O)CCCCCCC/C=C\CCCCCCCC. The van der Waals surface area contributed by atoms with Crippen LogP contribution in [-0.2, 0) is 28.6 Å². The van der Waals surface area contributed by atoms with Gasteiger partial charge in [-0.1, -0.05) is 273 Å². The van der Waals surface area contributed by atoms with Crippen molar-refractivity contribution < 1.29 is 28.6 Å². The van der Waals surface area contributed by atoms with Gasteiger partial charge in [-0.3, -0.25) is 14.4 Å². The van der Waals surface area contributed by atoms with Gasteiger partial charge >= 0.3 is 17.9 Å². The predicted molar refractivity (Wildman–Crippen MR) is 307 cm³/mol. The Kier molecular flexibility index (Phi) is 56.3. The van der Waals surface area contributed by atoms with Crippen molar-refractivity contribution in [2.75, 3.05) is 13.2 Å². The number of unbranched alkanes of at least 4 members (excludes halogenated alkanes) is 29. The normalized spacial score (nSPS) is 12.7. The van der Waals surface area contributed by atoms with E-state index in [1.807, 2.05) is 6.08 Å². The Balaban J connectivity index is 4.46. The van der Waals surface area contributed by atoms with Crippen molar-refractivity contribution in [3.8, 4) is 0 Å². The lowest BCUT2D eigenvalue weighted by Crippen LogP contribution is -2.30. The Labute approximate surface area is 439 Å². The number of esters is 3. The third kappa shape index (κ3) is 57.4. The van der Waals surface area contributed by atoms with Gasteiger partial charge in [0.2, 0.25) is 0 Å². The van der Waals surface area contributed by atoms with Crippen molar-refractivity contribution in [3.05, 3.63) is 85.1 Å². The van der Waals surface area contributed by atoms with E-state index in [0.717, 1.165) is 89.9 Å². The fourth-order valence-electron chi connectivity index (χ4n) is 8.41. The van der Waals surface area contributed by atoms with Crippen molar-refractivity contribution in [1.29, 1.82) is 0 Å². The summed E-state index contributed by atoms with van der Waals surface area (Å²) in [6.45, 7) is 6.48. The van der Waals surface area contributed by atoms with E-state index in [4.69, 9.17) is 14.2 Å². The average Bonchev–Trinajstić information content (AvgIpc) is 3.37. The highest BCUT2D eigenvalue weighted by Crippen LogP contribution is 2.16. The second-order valence-electron chi connectivity index (χ2n) is 19.9. The minimum atomic E-state index is -0.811. The molecule has 6 nitrogen and oxygen atoms in total. The number of rotatable bonds is 54.